The van der Waals surface area contributed by atoms with Crippen molar-refractivity contribution in [3.05, 3.63) is 35.9 Å². The highest BCUT2D eigenvalue weighted by Crippen LogP contribution is 2.07. The summed E-state index contributed by atoms with van der Waals surface area (Å²) in [6.45, 7) is 3.61. The Bertz CT molecular complexity index is 882. The van der Waals surface area contributed by atoms with E-state index in [1.807, 2.05) is 6.07 Å². The van der Waals surface area contributed by atoms with Gasteiger partial charge in [0.1, 0.15) is 18.1 Å². The zero-order valence-corrected chi connectivity index (χ0v) is 20.7. The van der Waals surface area contributed by atoms with Gasteiger partial charge in [0.2, 0.25) is 17.7 Å². The number of carbonyl (C=O) groups is 5. The minimum atomic E-state index is -1.28. The molecule has 0 spiro atoms. The lowest BCUT2D eigenvalue weighted by Crippen LogP contribution is -2.58. The van der Waals surface area contributed by atoms with Crippen LogP contribution in [-0.4, -0.2) is 69.8 Å². The third-order valence-electron chi connectivity index (χ3n) is 5.05. The molecule has 4 atom stereocenters. The fraction of sp³-hybridized carbons (Fsp3) is 0.522. The molecule has 7 N–H and O–H groups in total. The SMILES string of the molecule is CC(C)CC(NC(=O)C(CS)NC(=O)C(CCC(=O)O)NC(=O)C(N)Cc1ccccc1)C(=O)O. The number of hydrogen-bond donors (Lipinski definition) is 7. The number of amides is 3. The number of aliphatic carboxylic acids is 2. The van der Waals surface area contributed by atoms with E-state index in [-0.39, 0.29) is 30.9 Å². The monoisotopic (exact) mass is 510 g/mol. The molecule has 0 radical (unpaired) electrons. The Kier molecular flexibility index (Phi) is 12.8. The Morgan fingerprint density at radius 2 is 1.43 bits per heavy atom. The molecule has 0 aliphatic heterocycles. The molecule has 0 bridgehead atoms. The van der Waals surface area contributed by atoms with Crippen LogP contribution in [0.3, 0.4) is 0 Å². The number of carboxylic acid groups (broad SMARTS) is 2. The van der Waals surface area contributed by atoms with Crippen LogP contribution in [0.1, 0.15) is 38.7 Å². The van der Waals surface area contributed by atoms with Crippen molar-refractivity contribution in [3.63, 3.8) is 0 Å². The second-order valence-electron chi connectivity index (χ2n) is 8.56. The van der Waals surface area contributed by atoms with Gasteiger partial charge in [-0.15, -0.1) is 0 Å². The highest BCUT2D eigenvalue weighted by Gasteiger charge is 2.30. The van der Waals surface area contributed by atoms with E-state index in [9.17, 15) is 29.1 Å². The lowest BCUT2D eigenvalue weighted by Gasteiger charge is -2.24. The van der Waals surface area contributed by atoms with Crippen LogP contribution in [-0.2, 0) is 30.4 Å². The summed E-state index contributed by atoms with van der Waals surface area (Å²) in [7, 11) is 0. The van der Waals surface area contributed by atoms with Crippen LogP contribution in [0.25, 0.3) is 0 Å². The Balaban J connectivity index is 2.87. The second kappa shape index (κ2) is 15.0. The van der Waals surface area contributed by atoms with Crippen molar-refractivity contribution in [2.45, 2.75) is 63.7 Å². The molecule has 4 unspecified atom stereocenters. The summed E-state index contributed by atoms with van der Waals surface area (Å²) in [6, 6.07) is 4.36. The number of thiol groups is 1. The molecule has 194 valence electrons. The molecule has 35 heavy (non-hydrogen) atoms. The van der Waals surface area contributed by atoms with Gasteiger partial charge in [-0.25, -0.2) is 4.79 Å². The summed E-state index contributed by atoms with van der Waals surface area (Å²) in [5.74, 6) is -4.77. The Morgan fingerprint density at radius 3 is 1.94 bits per heavy atom. The van der Waals surface area contributed by atoms with Gasteiger partial charge in [0.05, 0.1) is 6.04 Å². The Morgan fingerprint density at radius 1 is 0.886 bits per heavy atom. The van der Waals surface area contributed by atoms with Gasteiger partial charge < -0.3 is 31.9 Å². The van der Waals surface area contributed by atoms with Crippen molar-refractivity contribution < 1.29 is 34.2 Å². The van der Waals surface area contributed by atoms with Crippen LogP contribution < -0.4 is 21.7 Å². The molecule has 0 saturated heterocycles. The predicted octanol–water partition coefficient (Wildman–Crippen LogP) is -0.0639. The summed E-state index contributed by atoms with van der Waals surface area (Å²) in [5.41, 5.74) is 6.77. The van der Waals surface area contributed by atoms with Crippen LogP contribution in [0, 0.1) is 5.92 Å². The lowest BCUT2D eigenvalue weighted by atomic mass is 10.0. The first-order valence-electron chi connectivity index (χ1n) is 11.2. The first kappa shape index (κ1) is 29.9. The van der Waals surface area contributed by atoms with Crippen LogP contribution in [0.15, 0.2) is 30.3 Å². The molecule has 0 saturated carbocycles. The molecule has 11 nitrogen and oxygen atoms in total. The topological polar surface area (TPSA) is 188 Å². The zero-order chi connectivity index (χ0) is 26.5. The normalized spacial score (nSPS) is 14.3. The van der Waals surface area contributed by atoms with Gasteiger partial charge >= 0.3 is 11.9 Å². The molecule has 0 aliphatic rings. The van der Waals surface area contributed by atoms with Crippen molar-refractivity contribution in [2.24, 2.45) is 11.7 Å². The molecule has 3 amide bonds. The third kappa shape index (κ3) is 11.2. The van der Waals surface area contributed by atoms with Crippen molar-refractivity contribution >= 4 is 42.3 Å². The number of nitrogens with one attached hydrogen (secondary N) is 3. The van der Waals surface area contributed by atoms with E-state index >= 15 is 0 Å². The van der Waals surface area contributed by atoms with Gasteiger partial charge in [-0.1, -0.05) is 44.2 Å². The lowest BCUT2D eigenvalue weighted by molar-refractivity contribution is -0.142. The number of benzene rings is 1. The van der Waals surface area contributed by atoms with E-state index in [4.69, 9.17) is 10.8 Å². The predicted molar refractivity (Wildman–Crippen MR) is 132 cm³/mol. The molecule has 1 rings (SSSR count). The van der Waals surface area contributed by atoms with Crippen molar-refractivity contribution in [1.29, 1.82) is 0 Å². The van der Waals surface area contributed by atoms with Crippen LogP contribution in [0.5, 0.6) is 0 Å². The molecule has 1 aromatic carbocycles. The van der Waals surface area contributed by atoms with Gasteiger partial charge in [0.15, 0.2) is 0 Å². The number of rotatable bonds is 15. The first-order chi connectivity index (χ1) is 16.4. The maximum atomic E-state index is 12.9. The van der Waals surface area contributed by atoms with E-state index in [1.54, 1.807) is 38.1 Å². The molecule has 1 aromatic rings. The van der Waals surface area contributed by atoms with Gasteiger partial charge in [-0.3, -0.25) is 19.2 Å². The van der Waals surface area contributed by atoms with Gasteiger partial charge in [0, 0.05) is 12.2 Å². The summed E-state index contributed by atoms with van der Waals surface area (Å²) >= 11 is 4.06. The van der Waals surface area contributed by atoms with E-state index in [2.05, 4.69) is 28.6 Å². The fourth-order valence-electron chi connectivity index (χ4n) is 3.21. The van der Waals surface area contributed by atoms with Gasteiger partial charge in [-0.2, -0.15) is 12.6 Å². The molecule has 0 aromatic heterocycles. The average Bonchev–Trinajstić information content (AvgIpc) is 2.79. The van der Waals surface area contributed by atoms with Gasteiger partial charge in [0.25, 0.3) is 0 Å². The molecular weight excluding hydrogens is 476 g/mol. The maximum absolute atomic E-state index is 12.9. The van der Waals surface area contributed by atoms with E-state index < -0.39 is 60.2 Å². The summed E-state index contributed by atoms with van der Waals surface area (Å²) < 4.78 is 0. The van der Waals surface area contributed by atoms with Crippen LogP contribution >= 0.6 is 12.6 Å². The first-order valence-corrected chi connectivity index (χ1v) is 11.8. The van der Waals surface area contributed by atoms with Crippen molar-refractivity contribution in [1.82, 2.24) is 16.0 Å². The number of nitrogens with two attached hydrogens (primary N) is 1. The molecule has 0 fully saturated rings. The van der Waals surface area contributed by atoms with Crippen LogP contribution in [0.4, 0.5) is 0 Å². The smallest absolute Gasteiger partial charge is 0.326 e. The standard InChI is InChI=1S/C23H34N4O7S/c1-13(2)10-17(23(33)34)26-22(32)18(12-35)27-21(31)16(8-9-19(28)29)25-20(30)15(24)11-14-6-4-3-5-7-14/h3-7,13,15-18,35H,8-12,24H2,1-2H3,(H,25,30)(H,26,32)(H,27,31)(H,28,29)(H,33,34). The fourth-order valence-corrected chi connectivity index (χ4v) is 3.46. The third-order valence-corrected chi connectivity index (χ3v) is 5.42. The van der Waals surface area contributed by atoms with Crippen molar-refractivity contribution in [2.75, 3.05) is 5.75 Å². The number of carboxylic acids is 2. The summed E-state index contributed by atoms with van der Waals surface area (Å²) in [4.78, 5) is 60.5. The quantitative estimate of drug-likeness (QED) is 0.160. The summed E-state index contributed by atoms with van der Waals surface area (Å²) in [6.07, 6.45) is -0.268. The molecule has 0 heterocycles. The molecule has 12 heteroatoms. The average molecular weight is 511 g/mol. The Labute approximate surface area is 209 Å². The molecule has 0 aliphatic carbocycles. The minimum Gasteiger partial charge on any atom is -0.481 e. The molecular formula is C23H34N4O7S. The zero-order valence-electron chi connectivity index (χ0n) is 19.8. The van der Waals surface area contributed by atoms with Crippen LogP contribution in [0.2, 0.25) is 0 Å². The van der Waals surface area contributed by atoms with E-state index in [1.165, 1.54) is 0 Å². The van der Waals surface area contributed by atoms with E-state index in [0.717, 1.165) is 5.56 Å². The largest absolute Gasteiger partial charge is 0.481 e. The highest BCUT2D eigenvalue weighted by molar-refractivity contribution is 7.80. The number of carbonyl (C=O) groups excluding carboxylic acids is 3. The van der Waals surface area contributed by atoms with E-state index in [0.29, 0.717) is 0 Å². The maximum Gasteiger partial charge on any atom is 0.326 e. The Hall–Kier alpha value is -3.12. The van der Waals surface area contributed by atoms with Crippen molar-refractivity contribution in [3.8, 4) is 0 Å². The van der Waals surface area contributed by atoms with Gasteiger partial charge in [-0.05, 0) is 30.7 Å². The second-order valence-corrected chi connectivity index (χ2v) is 8.93. The number of hydrogen-bond acceptors (Lipinski definition) is 7. The summed E-state index contributed by atoms with van der Waals surface area (Å²) in [5, 5.41) is 25.6. The minimum absolute atomic E-state index is 0.00357. The highest BCUT2D eigenvalue weighted by atomic mass is 32.1.